The van der Waals surface area contributed by atoms with E-state index in [0.717, 1.165) is 25.8 Å². The molecule has 5 nitrogen and oxygen atoms in total. The van der Waals surface area contributed by atoms with E-state index in [1.165, 1.54) is 20.0 Å². The molecular weight excluding hydrogens is 292 g/mol. The summed E-state index contributed by atoms with van der Waals surface area (Å²) >= 11 is 0. The van der Waals surface area contributed by atoms with Crippen molar-refractivity contribution in [2.45, 2.75) is 58.9 Å². The molecule has 2 saturated carbocycles. The van der Waals surface area contributed by atoms with Gasteiger partial charge in [0, 0.05) is 19.1 Å². The lowest BCUT2D eigenvalue weighted by Crippen LogP contribution is -2.53. The largest absolute Gasteiger partial charge is 0.469 e. The van der Waals surface area contributed by atoms with Crippen molar-refractivity contribution in [3.05, 3.63) is 0 Å². The van der Waals surface area contributed by atoms with Gasteiger partial charge >= 0.3 is 12.0 Å². The van der Waals surface area contributed by atoms with Crippen molar-refractivity contribution in [3.8, 4) is 0 Å². The van der Waals surface area contributed by atoms with Crippen molar-refractivity contribution in [1.82, 2.24) is 10.2 Å². The van der Waals surface area contributed by atoms with Crippen LogP contribution in [0.2, 0.25) is 0 Å². The Kier molecular flexibility index (Phi) is 4.09. The maximum absolute atomic E-state index is 12.7. The average molecular weight is 322 g/mol. The molecule has 1 aliphatic heterocycles. The van der Waals surface area contributed by atoms with Gasteiger partial charge in [0.1, 0.15) is 0 Å². The third-order valence-electron chi connectivity index (χ3n) is 7.33. The number of hydrogen-bond acceptors (Lipinski definition) is 3. The van der Waals surface area contributed by atoms with Crippen molar-refractivity contribution in [1.29, 1.82) is 0 Å². The van der Waals surface area contributed by atoms with E-state index < -0.39 is 0 Å². The zero-order valence-corrected chi connectivity index (χ0v) is 14.9. The maximum atomic E-state index is 12.7. The van der Waals surface area contributed by atoms with Crippen LogP contribution in [0, 0.1) is 22.7 Å². The Morgan fingerprint density at radius 3 is 2.52 bits per heavy atom. The average Bonchev–Trinajstić information content (AvgIpc) is 2.87. The van der Waals surface area contributed by atoms with Gasteiger partial charge in [-0.1, -0.05) is 20.8 Å². The van der Waals surface area contributed by atoms with Gasteiger partial charge in [-0.2, -0.15) is 0 Å². The zero-order chi connectivity index (χ0) is 16.8. The highest BCUT2D eigenvalue weighted by Gasteiger charge is 2.61. The number of rotatable bonds is 2. The van der Waals surface area contributed by atoms with Crippen LogP contribution >= 0.6 is 0 Å². The third kappa shape index (κ3) is 2.52. The van der Waals surface area contributed by atoms with Crippen molar-refractivity contribution in [2.24, 2.45) is 22.7 Å². The number of nitrogens with one attached hydrogen (secondary N) is 1. The number of carbonyl (C=O) groups excluding carboxylic acids is 2. The first-order chi connectivity index (χ1) is 10.8. The van der Waals surface area contributed by atoms with Crippen LogP contribution in [0.5, 0.6) is 0 Å². The number of hydrogen-bond donors (Lipinski definition) is 1. The number of nitrogens with zero attached hydrogens (tertiary/aromatic N) is 1. The number of fused-ring (bicyclic) bond motifs is 2. The normalized spacial score (nSPS) is 38.4. The van der Waals surface area contributed by atoms with E-state index in [0.29, 0.717) is 17.9 Å². The molecule has 0 unspecified atom stereocenters. The lowest BCUT2D eigenvalue weighted by atomic mass is 9.69. The van der Waals surface area contributed by atoms with Crippen LogP contribution in [0.3, 0.4) is 0 Å². The van der Waals surface area contributed by atoms with Crippen LogP contribution < -0.4 is 5.32 Å². The summed E-state index contributed by atoms with van der Waals surface area (Å²) in [4.78, 5) is 26.2. The van der Waals surface area contributed by atoms with E-state index in [1.807, 2.05) is 0 Å². The highest BCUT2D eigenvalue weighted by molar-refractivity contribution is 5.77. The van der Waals surface area contributed by atoms with Crippen molar-refractivity contribution in [2.75, 3.05) is 20.2 Å². The molecule has 3 rings (SSSR count). The first-order valence-electron chi connectivity index (χ1n) is 8.93. The predicted molar refractivity (Wildman–Crippen MR) is 87.9 cm³/mol. The molecule has 1 N–H and O–H groups in total. The first kappa shape index (κ1) is 16.6. The Hall–Kier alpha value is -1.26. The molecule has 4 atom stereocenters. The van der Waals surface area contributed by atoms with Crippen LogP contribution in [0.15, 0.2) is 0 Å². The van der Waals surface area contributed by atoms with Gasteiger partial charge in [0.2, 0.25) is 0 Å². The van der Waals surface area contributed by atoms with Crippen LogP contribution in [0.1, 0.15) is 52.9 Å². The third-order valence-corrected chi connectivity index (χ3v) is 7.33. The fourth-order valence-electron chi connectivity index (χ4n) is 5.18. The summed E-state index contributed by atoms with van der Waals surface area (Å²) in [5, 5.41) is 3.29. The highest BCUT2D eigenvalue weighted by atomic mass is 16.5. The number of esters is 1. The van der Waals surface area contributed by atoms with Gasteiger partial charge in [-0.05, 0) is 48.9 Å². The molecule has 3 aliphatic rings. The molecule has 0 aromatic carbocycles. The molecular formula is C18H30N2O3. The first-order valence-corrected chi connectivity index (χ1v) is 8.93. The SMILES string of the molecule is COC(=O)[C@@H]1CCCN(C(=O)N[C@@H]2C[C@H]3CC[C@@]2(C)C3(C)C)C1. The van der Waals surface area contributed by atoms with E-state index in [1.54, 1.807) is 4.90 Å². The van der Waals surface area contributed by atoms with Crippen molar-refractivity contribution < 1.29 is 14.3 Å². The minimum absolute atomic E-state index is 0.00632. The summed E-state index contributed by atoms with van der Waals surface area (Å²) in [6, 6.07) is 0.246. The van der Waals surface area contributed by atoms with E-state index >= 15 is 0 Å². The second kappa shape index (κ2) is 5.67. The molecule has 130 valence electrons. The lowest BCUT2D eigenvalue weighted by Gasteiger charge is -2.41. The summed E-state index contributed by atoms with van der Waals surface area (Å²) in [5.41, 5.74) is 0.478. The summed E-state index contributed by atoms with van der Waals surface area (Å²) in [6.07, 6.45) is 5.24. The van der Waals surface area contributed by atoms with Crippen molar-refractivity contribution >= 4 is 12.0 Å². The molecule has 2 amide bonds. The Labute approximate surface area is 139 Å². The maximum Gasteiger partial charge on any atom is 0.317 e. The smallest absolute Gasteiger partial charge is 0.317 e. The number of methoxy groups -OCH3 is 1. The molecule has 0 spiro atoms. The molecule has 0 aromatic rings. The monoisotopic (exact) mass is 322 g/mol. The van der Waals surface area contributed by atoms with Crippen LogP contribution in [0.4, 0.5) is 4.79 Å². The molecule has 1 saturated heterocycles. The minimum atomic E-state index is -0.199. The number of amides is 2. The number of piperidine rings is 1. The molecule has 0 radical (unpaired) electrons. The summed E-state index contributed by atoms with van der Waals surface area (Å²) in [7, 11) is 1.42. The number of ether oxygens (including phenoxy) is 1. The lowest BCUT2D eigenvalue weighted by molar-refractivity contribution is -0.146. The predicted octanol–water partition coefficient (Wildman–Crippen LogP) is 2.80. The van der Waals surface area contributed by atoms with Gasteiger partial charge < -0.3 is 15.0 Å². The molecule has 2 aliphatic carbocycles. The van der Waals surface area contributed by atoms with Gasteiger partial charge in [0.05, 0.1) is 13.0 Å². The van der Waals surface area contributed by atoms with Crippen LogP contribution in [0.25, 0.3) is 0 Å². The van der Waals surface area contributed by atoms with Crippen LogP contribution in [-0.4, -0.2) is 43.1 Å². The van der Waals surface area contributed by atoms with Gasteiger partial charge in [-0.3, -0.25) is 4.79 Å². The number of carbonyl (C=O) groups is 2. The molecule has 1 heterocycles. The summed E-state index contributed by atoms with van der Waals surface area (Å²) in [6.45, 7) is 8.25. The zero-order valence-electron chi connectivity index (χ0n) is 14.9. The standard InChI is InChI=1S/C18H30N2O3/c1-17(2)13-7-8-18(17,3)14(10-13)19-16(22)20-9-5-6-12(11-20)15(21)23-4/h12-14H,5-11H2,1-4H3,(H,19,22)/t12-,13-,14-,18-/m1/s1. The highest BCUT2D eigenvalue weighted by Crippen LogP contribution is 2.65. The van der Waals surface area contributed by atoms with E-state index in [4.69, 9.17) is 4.74 Å². The second-order valence-electron chi connectivity index (χ2n) is 8.42. The van der Waals surface area contributed by atoms with Gasteiger partial charge in [-0.25, -0.2) is 4.79 Å². The Morgan fingerprint density at radius 1 is 1.22 bits per heavy atom. The van der Waals surface area contributed by atoms with Gasteiger partial charge in [0.25, 0.3) is 0 Å². The van der Waals surface area contributed by atoms with Crippen molar-refractivity contribution in [3.63, 3.8) is 0 Å². The summed E-state index contributed by atoms with van der Waals surface area (Å²) in [5.74, 6) is 0.337. The molecule has 3 fully saturated rings. The molecule has 23 heavy (non-hydrogen) atoms. The number of urea groups is 1. The molecule has 2 bridgehead atoms. The fourth-order valence-corrected chi connectivity index (χ4v) is 5.18. The number of likely N-dealkylation sites (tertiary alicyclic amines) is 1. The topological polar surface area (TPSA) is 58.6 Å². The van der Waals surface area contributed by atoms with Gasteiger partial charge in [0.15, 0.2) is 0 Å². The fraction of sp³-hybridized carbons (Fsp3) is 0.889. The van der Waals surface area contributed by atoms with Gasteiger partial charge in [-0.15, -0.1) is 0 Å². The second-order valence-corrected chi connectivity index (χ2v) is 8.42. The van der Waals surface area contributed by atoms with E-state index in [9.17, 15) is 9.59 Å². The molecule has 0 aromatic heterocycles. The minimum Gasteiger partial charge on any atom is -0.469 e. The quantitative estimate of drug-likeness (QED) is 0.795. The van der Waals surface area contributed by atoms with E-state index in [-0.39, 0.29) is 29.4 Å². The Bertz CT molecular complexity index is 504. The molecule has 5 heteroatoms. The summed E-state index contributed by atoms with van der Waals surface area (Å²) < 4.78 is 4.84. The van der Waals surface area contributed by atoms with E-state index in [2.05, 4.69) is 26.1 Å². The van der Waals surface area contributed by atoms with Crippen LogP contribution in [-0.2, 0) is 9.53 Å². The Balaban J connectivity index is 1.63. The Morgan fingerprint density at radius 2 is 1.96 bits per heavy atom.